The van der Waals surface area contributed by atoms with Crippen LogP contribution in [0, 0.1) is 23.2 Å². The lowest BCUT2D eigenvalue weighted by atomic mass is 9.54. The highest BCUT2D eigenvalue weighted by Gasteiger charge is 2.51. The molecular weight excluding hydrogens is 236 g/mol. The maximum Gasteiger partial charge on any atom is 0.309 e. The zero-order valence-electron chi connectivity index (χ0n) is 12.7. The van der Waals surface area contributed by atoms with Crippen molar-refractivity contribution >= 4 is 5.97 Å². The monoisotopic (exact) mass is 266 g/mol. The number of fused-ring (bicyclic) bond motifs is 1. The Morgan fingerprint density at radius 1 is 1.11 bits per heavy atom. The Kier molecular flexibility index (Phi) is 4.92. The summed E-state index contributed by atoms with van der Waals surface area (Å²) in [5, 5.41) is 9.83. The van der Waals surface area contributed by atoms with E-state index in [2.05, 4.69) is 13.8 Å². The SMILES string of the molecule is CCCC1CCC2(C(=O)O)CC(CCC)CCC2C1. The van der Waals surface area contributed by atoms with Gasteiger partial charge >= 0.3 is 5.97 Å². The summed E-state index contributed by atoms with van der Waals surface area (Å²) in [6, 6.07) is 0. The van der Waals surface area contributed by atoms with Gasteiger partial charge in [0.15, 0.2) is 0 Å². The van der Waals surface area contributed by atoms with Crippen LogP contribution in [0.15, 0.2) is 0 Å². The highest BCUT2D eigenvalue weighted by molar-refractivity contribution is 5.75. The van der Waals surface area contributed by atoms with E-state index in [4.69, 9.17) is 0 Å². The Bertz CT molecular complexity index is 312. The third kappa shape index (κ3) is 2.98. The molecule has 4 unspecified atom stereocenters. The first-order valence-electron chi connectivity index (χ1n) is 8.35. The number of carboxylic acids is 1. The van der Waals surface area contributed by atoms with Crippen molar-refractivity contribution in [1.29, 1.82) is 0 Å². The average Bonchev–Trinajstić information content (AvgIpc) is 2.39. The summed E-state index contributed by atoms with van der Waals surface area (Å²) in [5.41, 5.74) is -0.359. The summed E-state index contributed by atoms with van der Waals surface area (Å²) in [6.07, 6.45) is 11.6. The molecule has 0 bridgehead atoms. The average molecular weight is 266 g/mol. The van der Waals surface area contributed by atoms with Gasteiger partial charge in [0.2, 0.25) is 0 Å². The van der Waals surface area contributed by atoms with E-state index >= 15 is 0 Å². The predicted octanol–water partition coefficient (Wildman–Crippen LogP) is 4.87. The molecule has 0 aromatic rings. The van der Waals surface area contributed by atoms with Crippen molar-refractivity contribution in [3.8, 4) is 0 Å². The van der Waals surface area contributed by atoms with E-state index in [0.29, 0.717) is 11.8 Å². The minimum atomic E-state index is -0.492. The van der Waals surface area contributed by atoms with E-state index in [-0.39, 0.29) is 5.41 Å². The lowest BCUT2D eigenvalue weighted by Gasteiger charge is -2.49. The van der Waals surface area contributed by atoms with Crippen LogP contribution in [0.2, 0.25) is 0 Å². The minimum absolute atomic E-state index is 0.359. The molecule has 0 radical (unpaired) electrons. The molecular formula is C17H30O2. The van der Waals surface area contributed by atoms with E-state index in [9.17, 15) is 9.90 Å². The van der Waals surface area contributed by atoms with Gasteiger partial charge in [-0.3, -0.25) is 4.79 Å². The number of carboxylic acid groups (broad SMARTS) is 1. The fourth-order valence-electron chi connectivity index (χ4n) is 4.82. The van der Waals surface area contributed by atoms with E-state index in [1.807, 2.05) is 0 Å². The lowest BCUT2D eigenvalue weighted by Crippen LogP contribution is -2.47. The number of carbonyl (C=O) groups is 1. The fraction of sp³-hybridized carbons (Fsp3) is 0.941. The van der Waals surface area contributed by atoms with Crippen molar-refractivity contribution in [3.63, 3.8) is 0 Å². The molecule has 19 heavy (non-hydrogen) atoms. The molecule has 0 saturated heterocycles. The molecule has 0 aromatic heterocycles. The topological polar surface area (TPSA) is 37.3 Å². The van der Waals surface area contributed by atoms with Crippen molar-refractivity contribution in [2.24, 2.45) is 23.2 Å². The zero-order chi connectivity index (χ0) is 13.9. The van der Waals surface area contributed by atoms with Crippen LogP contribution < -0.4 is 0 Å². The summed E-state index contributed by atoms with van der Waals surface area (Å²) < 4.78 is 0. The Hall–Kier alpha value is -0.530. The van der Waals surface area contributed by atoms with Gasteiger partial charge in [-0.15, -0.1) is 0 Å². The maximum absolute atomic E-state index is 11.9. The second-order valence-corrected chi connectivity index (χ2v) is 7.02. The zero-order valence-corrected chi connectivity index (χ0v) is 12.7. The van der Waals surface area contributed by atoms with Crippen LogP contribution in [0.3, 0.4) is 0 Å². The van der Waals surface area contributed by atoms with Crippen molar-refractivity contribution in [2.45, 2.75) is 78.1 Å². The first-order chi connectivity index (χ1) is 9.12. The van der Waals surface area contributed by atoms with E-state index in [1.54, 1.807) is 0 Å². The van der Waals surface area contributed by atoms with Gasteiger partial charge in [-0.1, -0.05) is 46.0 Å². The molecule has 0 heterocycles. The Morgan fingerprint density at radius 2 is 1.79 bits per heavy atom. The molecule has 2 rings (SSSR count). The third-order valence-electron chi connectivity index (χ3n) is 5.79. The Labute approximate surface area is 118 Å². The summed E-state index contributed by atoms with van der Waals surface area (Å²) >= 11 is 0. The molecule has 2 aliphatic carbocycles. The summed E-state index contributed by atoms with van der Waals surface area (Å²) in [4.78, 5) is 11.9. The van der Waals surface area contributed by atoms with Crippen molar-refractivity contribution in [1.82, 2.24) is 0 Å². The summed E-state index contributed by atoms with van der Waals surface area (Å²) in [7, 11) is 0. The number of hydrogen-bond acceptors (Lipinski definition) is 1. The van der Waals surface area contributed by atoms with Crippen LogP contribution in [-0.2, 0) is 4.79 Å². The van der Waals surface area contributed by atoms with Crippen LogP contribution in [0.4, 0.5) is 0 Å². The largest absolute Gasteiger partial charge is 0.481 e. The standard InChI is InChI=1S/C17H30O2/c1-3-5-13-9-10-17(16(18)19)12-14(6-4-2)7-8-15(17)11-13/h13-15H,3-12H2,1-2H3,(H,18,19). The van der Waals surface area contributed by atoms with Gasteiger partial charge in [0, 0.05) is 0 Å². The molecule has 110 valence electrons. The third-order valence-corrected chi connectivity index (χ3v) is 5.79. The molecule has 0 aliphatic heterocycles. The fourth-order valence-corrected chi connectivity index (χ4v) is 4.82. The molecule has 2 fully saturated rings. The molecule has 0 spiro atoms. The van der Waals surface area contributed by atoms with Crippen molar-refractivity contribution in [2.75, 3.05) is 0 Å². The molecule has 2 saturated carbocycles. The molecule has 4 atom stereocenters. The molecule has 2 aliphatic rings. The molecule has 0 amide bonds. The minimum Gasteiger partial charge on any atom is -0.481 e. The highest BCUT2D eigenvalue weighted by Crippen LogP contribution is 2.54. The molecule has 1 N–H and O–H groups in total. The van der Waals surface area contributed by atoms with Gasteiger partial charge in [-0.2, -0.15) is 0 Å². The number of aliphatic carboxylic acids is 1. The van der Waals surface area contributed by atoms with Gasteiger partial charge in [-0.25, -0.2) is 0 Å². The van der Waals surface area contributed by atoms with E-state index in [0.717, 1.165) is 31.6 Å². The number of hydrogen-bond donors (Lipinski definition) is 1. The van der Waals surface area contributed by atoms with E-state index < -0.39 is 5.97 Å². The Balaban J connectivity index is 2.08. The van der Waals surface area contributed by atoms with Crippen molar-refractivity contribution < 1.29 is 9.90 Å². The predicted molar refractivity (Wildman–Crippen MR) is 78.1 cm³/mol. The molecule has 2 nitrogen and oxygen atoms in total. The van der Waals surface area contributed by atoms with Gasteiger partial charge in [0.1, 0.15) is 0 Å². The highest BCUT2D eigenvalue weighted by atomic mass is 16.4. The molecule has 2 heteroatoms. The lowest BCUT2D eigenvalue weighted by molar-refractivity contribution is -0.161. The summed E-state index contributed by atoms with van der Waals surface area (Å²) in [5.74, 6) is 1.43. The van der Waals surface area contributed by atoms with Crippen LogP contribution in [0.1, 0.15) is 78.1 Å². The van der Waals surface area contributed by atoms with Gasteiger partial charge in [-0.05, 0) is 49.9 Å². The number of rotatable bonds is 5. The molecule has 0 aromatic carbocycles. The van der Waals surface area contributed by atoms with Crippen LogP contribution in [0.5, 0.6) is 0 Å². The smallest absolute Gasteiger partial charge is 0.309 e. The van der Waals surface area contributed by atoms with Gasteiger partial charge in [0.25, 0.3) is 0 Å². The first kappa shape index (κ1) is 14.9. The second kappa shape index (κ2) is 6.28. The van der Waals surface area contributed by atoms with Gasteiger partial charge in [0.05, 0.1) is 5.41 Å². The van der Waals surface area contributed by atoms with Crippen LogP contribution in [-0.4, -0.2) is 11.1 Å². The van der Waals surface area contributed by atoms with Crippen LogP contribution in [0.25, 0.3) is 0 Å². The second-order valence-electron chi connectivity index (χ2n) is 7.02. The maximum atomic E-state index is 11.9. The first-order valence-corrected chi connectivity index (χ1v) is 8.35. The van der Waals surface area contributed by atoms with E-state index in [1.165, 1.54) is 38.5 Å². The van der Waals surface area contributed by atoms with Crippen LogP contribution >= 0.6 is 0 Å². The normalized spacial score (nSPS) is 38.7. The van der Waals surface area contributed by atoms with Gasteiger partial charge < -0.3 is 5.11 Å². The van der Waals surface area contributed by atoms with Crippen molar-refractivity contribution in [3.05, 3.63) is 0 Å². The quantitative estimate of drug-likeness (QED) is 0.770. The summed E-state index contributed by atoms with van der Waals surface area (Å²) in [6.45, 7) is 4.47. The Morgan fingerprint density at radius 3 is 2.42 bits per heavy atom.